The van der Waals surface area contributed by atoms with Gasteiger partial charge in [0.2, 0.25) is 12.1 Å². The molecule has 1 aliphatic heterocycles. The second kappa shape index (κ2) is 8.83. The molecule has 8 nitrogen and oxygen atoms in total. The van der Waals surface area contributed by atoms with Crippen LogP contribution in [0.1, 0.15) is 15.9 Å². The third-order valence-corrected chi connectivity index (χ3v) is 6.31. The quantitative estimate of drug-likeness (QED) is 0.451. The van der Waals surface area contributed by atoms with Gasteiger partial charge in [0.15, 0.2) is 5.76 Å². The molecule has 1 fully saturated rings. The van der Waals surface area contributed by atoms with Crippen LogP contribution >= 0.6 is 0 Å². The van der Waals surface area contributed by atoms with E-state index in [-0.39, 0.29) is 17.3 Å². The number of aliphatic hydroxyl groups excluding tert-OH is 4. The molecule has 0 spiro atoms. The molecule has 3 aromatic carbocycles. The van der Waals surface area contributed by atoms with Crippen LogP contribution in [0.5, 0.6) is 5.75 Å². The number of allylic oxidation sites excluding steroid dienone is 1. The van der Waals surface area contributed by atoms with Gasteiger partial charge in [0.05, 0.1) is 13.7 Å². The normalized spacial score (nSPS) is 26.3. The summed E-state index contributed by atoms with van der Waals surface area (Å²) in [5.41, 5.74) is 2.64. The van der Waals surface area contributed by atoms with Gasteiger partial charge in [-0.2, -0.15) is 0 Å². The van der Waals surface area contributed by atoms with Gasteiger partial charge < -0.3 is 34.6 Å². The van der Waals surface area contributed by atoms with Crippen molar-refractivity contribution in [2.24, 2.45) is 0 Å². The summed E-state index contributed by atoms with van der Waals surface area (Å²) < 4.78 is 16.8. The minimum absolute atomic E-state index is 0.127. The Kier molecular flexibility index (Phi) is 5.85. The molecular formula is C26H24O8. The molecule has 34 heavy (non-hydrogen) atoms. The number of aliphatic hydroxyl groups is 4. The minimum Gasteiger partial charge on any atom is -0.493 e. The predicted molar refractivity (Wildman–Crippen MR) is 123 cm³/mol. The molecule has 1 saturated heterocycles. The Balaban J connectivity index is 1.66. The van der Waals surface area contributed by atoms with Gasteiger partial charge in [-0.3, -0.25) is 4.79 Å². The van der Waals surface area contributed by atoms with Crippen molar-refractivity contribution in [3.05, 3.63) is 71.5 Å². The number of benzene rings is 3. The Bertz CT molecular complexity index is 1270. The van der Waals surface area contributed by atoms with E-state index in [4.69, 9.17) is 14.2 Å². The highest BCUT2D eigenvalue weighted by molar-refractivity contribution is 6.25. The number of hydrogen-bond acceptors (Lipinski definition) is 8. The highest BCUT2D eigenvalue weighted by atomic mass is 16.7. The number of carbonyl (C=O) groups is 1. The number of Topliss-reactive ketones (excluding diaryl/α,β-unsaturated/α-hetero) is 1. The van der Waals surface area contributed by atoms with Crippen molar-refractivity contribution >= 4 is 22.6 Å². The van der Waals surface area contributed by atoms with Crippen molar-refractivity contribution in [3.8, 4) is 16.9 Å². The molecule has 2 aliphatic rings. The van der Waals surface area contributed by atoms with Crippen LogP contribution in [-0.4, -0.2) is 70.6 Å². The molecule has 1 heterocycles. The zero-order chi connectivity index (χ0) is 24.0. The van der Waals surface area contributed by atoms with Crippen LogP contribution in [-0.2, 0) is 9.47 Å². The number of carbonyl (C=O) groups excluding carboxylic acids is 1. The predicted octanol–water partition coefficient (Wildman–Crippen LogP) is 1.87. The number of ether oxygens (including phenoxy) is 3. The van der Waals surface area contributed by atoms with Gasteiger partial charge in [0, 0.05) is 16.5 Å². The fourth-order valence-electron chi connectivity index (χ4n) is 4.53. The molecule has 4 N–H and O–H groups in total. The Morgan fingerprint density at radius 3 is 2.38 bits per heavy atom. The molecule has 0 saturated carbocycles. The Morgan fingerprint density at radius 1 is 0.941 bits per heavy atom. The zero-order valence-corrected chi connectivity index (χ0v) is 18.3. The van der Waals surface area contributed by atoms with E-state index in [1.54, 1.807) is 18.2 Å². The van der Waals surface area contributed by atoms with Crippen LogP contribution in [0, 0.1) is 0 Å². The molecule has 0 aromatic heterocycles. The Labute approximate surface area is 195 Å². The average molecular weight is 464 g/mol. The van der Waals surface area contributed by atoms with Crippen molar-refractivity contribution in [2.75, 3.05) is 13.7 Å². The summed E-state index contributed by atoms with van der Waals surface area (Å²) in [5, 5.41) is 41.6. The summed E-state index contributed by atoms with van der Waals surface area (Å²) >= 11 is 0. The van der Waals surface area contributed by atoms with Gasteiger partial charge in [0.25, 0.3) is 0 Å². The zero-order valence-electron chi connectivity index (χ0n) is 18.3. The van der Waals surface area contributed by atoms with Crippen molar-refractivity contribution in [3.63, 3.8) is 0 Å². The summed E-state index contributed by atoms with van der Waals surface area (Å²) in [6, 6.07) is 16.8. The van der Waals surface area contributed by atoms with Gasteiger partial charge >= 0.3 is 0 Å². The van der Waals surface area contributed by atoms with E-state index >= 15 is 0 Å². The molecule has 0 radical (unpaired) electrons. The van der Waals surface area contributed by atoms with Crippen LogP contribution in [0.4, 0.5) is 0 Å². The molecular weight excluding hydrogens is 440 g/mol. The molecule has 0 bridgehead atoms. The highest BCUT2D eigenvalue weighted by Gasteiger charge is 2.45. The fourth-order valence-corrected chi connectivity index (χ4v) is 4.53. The van der Waals surface area contributed by atoms with E-state index < -0.39 is 37.3 Å². The monoisotopic (exact) mass is 464 g/mol. The van der Waals surface area contributed by atoms with E-state index in [1.807, 2.05) is 42.5 Å². The topological polar surface area (TPSA) is 126 Å². The second-order valence-electron chi connectivity index (χ2n) is 8.29. The minimum atomic E-state index is -1.57. The van der Waals surface area contributed by atoms with Gasteiger partial charge in [0.1, 0.15) is 30.2 Å². The van der Waals surface area contributed by atoms with Gasteiger partial charge in [-0.15, -0.1) is 0 Å². The Morgan fingerprint density at radius 2 is 1.68 bits per heavy atom. The van der Waals surface area contributed by atoms with Crippen molar-refractivity contribution < 1.29 is 39.4 Å². The van der Waals surface area contributed by atoms with Crippen molar-refractivity contribution in [1.29, 1.82) is 0 Å². The average Bonchev–Trinajstić information content (AvgIpc) is 2.87. The van der Waals surface area contributed by atoms with E-state index in [9.17, 15) is 25.2 Å². The van der Waals surface area contributed by atoms with E-state index in [2.05, 4.69) is 0 Å². The SMILES string of the molecule is COC1=Cc2c(OC3OC(CO)C(O)C(O)C3O)ccc3ccc(-c4ccccc4)c(c23)C1=O. The van der Waals surface area contributed by atoms with Gasteiger partial charge in [-0.1, -0.05) is 48.5 Å². The lowest BCUT2D eigenvalue weighted by Crippen LogP contribution is -2.60. The first-order valence-electron chi connectivity index (χ1n) is 10.9. The number of hydrogen-bond donors (Lipinski definition) is 4. The summed E-state index contributed by atoms with van der Waals surface area (Å²) in [5.74, 6) is 0.150. The number of methoxy groups -OCH3 is 1. The molecule has 176 valence electrons. The number of rotatable bonds is 5. The smallest absolute Gasteiger partial charge is 0.229 e. The fraction of sp³-hybridized carbons (Fsp3) is 0.269. The first-order valence-corrected chi connectivity index (χ1v) is 10.9. The van der Waals surface area contributed by atoms with Crippen LogP contribution in [0.2, 0.25) is 0 Å². The maximum atomic E-state index is 13.4. The van der Waals surface area contributed by atoms with E-state index in [0.717, 1.165) is 16.5 Å². The first-order chi connectivity index (χ1) is 16.4. The van der Waals surface area contributed by atoms with Crippen LogP contribution < -0.4 is 4.74 Å². The maximum Gasteiger partial charge on any atom is 0.229 e. The first kappa shape index (κ1) is 22.5. The molecule has 3 aromatic rings. The molecule has 5 rings (SSSR count). The number of ketones is 1. The Hall–Kier alpha value is -3.27. The molecule has 1 aliphatic carbocycles. The van der Waals surface area contributed by atoms with E-state index in [1.165, 1.54) is 7.11 Å². The van der Waals surface area contributed by atoms with Crippen LogP contribution in [0.3, 0.4) is 0 Å². The van der Waals surface area contributed by atoms with Crippen LogP contribution in [0.25, 0.3) is 28.0 Å². The second-order valence-corrected chi connectivity index (χ2v) is 8.29. The molecule has 5 unspecified atom stereocenters. The summed E-state index contributed by atoms with van der Waals surface area (Å²) in [4.78, 5) is 13.4. The van der Waals surface area contributed by atoms with Gasteiger partial charge in [-0.05, 0) is 28.7 Å². The lowest BCUT2D eigenvalue weighted by Gasteiger charge is -2.39. The molecule has 5 atom stereocenters. The van der Waals surface area contributed by atoms with Gasteiger partial charge in [-0.25, -0.2) is 0 Å². The lowest BCUT2D eigenvalue weighted by atomic mass is 9.85. The standard InChI is InChI=1S/C26H24O8/c1-32-18-11-16-17(33-26-25(31)24(30)23(29)19(12-27)34-26)10-8-14-7-9-15(13-5-3-2-4-6-13)21(20(14)16)22(18)28/h2-11,19,23-27,29-31H,12H2,1H3. The van der Waals surface area contributed by atoms with E-state index in [0.29, 0.717) is 16.5 Å². The highest BCUT2D eigenvalue weighted by Crippen LogP contribution is 2.42. The lowest BCUT2D eigenvalue weighted by molar-refractivity contribution is -0.277. The molecule has 0 amide bonds. The van der Waals surface area contributed by atoms with Crippen molar-refractivity contribution in [2.45, 2.75) is 30.7 Å². The van der Waals surface area contributed by atoms with Crippen LogP contribution in [0.15, 0.2) is 60.4 Å². The maximum absolute atomic E-state index is 13.4. The summed E-state index contributed by atoms with van der Waals surface area (Å²) in [6.07, 6.45) is -5.51. The third kappa shape index (κ3) is 3.56. The largest absolute Gasteiger partial charge is 0.493 e. The molecule has 8 heteroatoms. The summed E-state index contributed by atoms with van der Waals surface area (Å²) in [7, 11) is 1.41. The van der Waals surface area contributed by atoms with Crippen molar-refractivity contribution in [1.82, 2.24) is 0 Å². The third-order valence-electron chi connectivity index (χ3n) is 6.31. The summed E-state index contributed by atoms with van der Waals surface area (Å²) in [6.45, 7) is -0.567.